The molecule has 0 N–H and O–H groups in total. The highest BCUT2D eigenvalue weighted by Crippen LogP contribution is 2.25. The molecule has 1 aromatic carbocycles. The van der Waals surface area contributed by atoms with Gasteiger partial charge >= 0.3 is 0 Å². The molecule has 1 aromatic heterocycles. The Morgan fingerprint density at radius 1 is 1.12 bits per heavy atom. The van der Waals surface area contributed by atoms with Gasteiger partial charge in [0.1, 0.15) is 17.6 Å². The van der Waals surface area contributed by atoms with Gasteiger partial charge in [0.15, 0.2) is 0 Å². The zero-order valence-corrected chi connectivity index (χ0v) is 19.4. The quantitative estimate of drug-likeness (QED) is 0.659. The summed E-state index contributed by atoms with van der Waals surface area (Å²) < 4.78 is 7.03. The Kier molecular flexibility index (Phi) is 7.73. The summed E-state index contributed by atoms with van der Waals surface area (Å²) in [4.78, 5) is 18.3. The number of aryl methyl sites for hydroxylation is 1. The van der Waals surface area contributed by atoms with Crippen LogP contribution in [0.15, 0.2) is 24.3 Å². The van der Waals surface area contributed by atoms with Gasteiger partial charge in [-0.2, -0.15) is 0 Å². The molecule has 8 nitrogen and oxygen atoms in total. The standard InChI is InChI=1S/C24H36N6O2/c1-19-25-26-27-30(19)23(17-21-8-7-9-22(16-21)32-2)24(31)29-14-10-20(11-15-29)18-28-12-5-3-4-6-13-28/h7-9,16,20,23H,3-6,10-15,17-18H2,1-2H3. The van der Waals surface area contributed by atoms with Crippen LogP contribution in [0.3, 0.4) is 0 Å². The third-order valence-corrected chi connectivity index (χ3v) is 6.94. The minimum atomic E-state index is -0.445. The van der Waals surface area contributed by atoms with Gasteiger partial charge < -0.3 is 14.5 Å². The van der Waals surface area contributed by atoms with Crippen LogP contribution >= 0.6 is 0 Å². The number of hydrogen-bond donors (Lipinski definition) is 0. The monoisotopic (exact) mass is 440 g/mol. The topological polar surface area (TPSA) is 76.4 Å². The summed E-state index contributed by atoms with van der Waals surface area (Å²) in [6.07, 6.45) is 8.08. The number of piperidine rings is 1. The second-order valence-corrected chi connectivity index (χ2v) is 9.23. The molecule has 2 aliphatic heterocycles. The predicted molar refractivity (Wildman–Crippen MR) is 123 cm³/mol. The molecule has 0 saturated carbocycles. The average Bonchev–Trinajstić information content (AvgIpc) is 3.08. The number of amides is 1. The molecule has 174 valence electrons. The molecule has 1 unspecified atom stereocenters. The number of carbonyl (C=O) groups is 1. The van der Waals surface area contributed by atoms with Crippen molar-refractivity contribution >= 4 is 5.91 Å². The van der Waals surface area contributed by atoms with Crippen LogP contribution in [0.2, 0.25) is 0 Å². The summed E-state index contributed by atoms with van der Waals surface area (Å²) in [6, 6.07) is 7.43. The summed E-state index contributed by atoms with van der Waals surface area (Å²) in [5.41, 5.74) is 1.04. The third-order valence-electron chi connectivity index (χ3n) is 6.94. The first-order valence-electron chi connectivity index (χ1n) is 12.0. The van der Waals surface area contributed by atoms with E-state index in [9.17, 15) is 4.79 Å². The molecule has 2 aromatic rings. The minimum absolute atomic E-state index is 0.108. The van der Waals surface area contributed by atoms with Gasteiger partial charge in [0, 0.05) is 26.1 Å². The van der Waals surface area contributed by atoms with Gasteiger partial charge in [-0.25, -0.2) is 4.68 Å². The number of ether oxygens (including phenoxy) is 1. The maximum Gasteiger partial charge on any atom is 0.247 e. The van der Waals surface area contributed by atoms with Crippen molar-refractivity contribution in [3.8, 4) is 5.75 Å². The molecule has 0 radical (unpaired) electrons. The number of nitrogens with zero attached hydrogens (tertiary/aromatic N) is 6. The zero-order chi connectivity index (χ0) is 22.3. The third kappa shape index (κ3) is 5.65. The fraction of sp³-hybridized carbons (Fsp3) is 0.667. The number of hydrogen-bond acceptors (Lipinski definition) is 6. The van der Waals surface area contributed by atoms with E-state index < -0.39 is 6.04 Å². The van der Waals surface area contributed by atoms with Crippen molar-refractivity contribution in [1.29, 1.82) is 0 Å². The smallest absolute Gasteiger partial charge is 0.247 e. The van der Waals surface area contributed by atoms with E-state index in [4.69, 9.17) is 4.74 Å². The lowest BCUT2D eigenvalue weighted by Gasteiger charge is -2.36. The highest BCUT2D eigenvalue weighted by Gasteiger charge is 2.32. The second kappa shape index (κ2) is 10.9. The molecule has 0 aliphatic carbocycles. The van der Waals surface area contributed by atoms with E-state index in [1.54, 1.807) is 11.8 Å². The number of aromatic nitrogens is 4. The fourth-order valence-electron chi connectivity index (χ4n) is 5.06. The Morgan fingerprint density at radius 2 is 1.88 bits per heavy atom. The number of likely N-dealkylation sites (tertiary alicyclic amines) is 2. The molecule has 8 heteroatoms. The Labute approximate surface area is 190 Å². The zero-order valence-electron chi connectivity index (χ0n) is 19.4. The minimum Gasteiger partial charge on any atom is -0.497 e. The lowest BCUT2D eigenvalue weighted by atomic mass is 9.95. The van der Waals surface area contributed by atoms with Crippen LogP contribution in [0.25, 0.3) is 0 Å². The largest absolute Gasteiger partial charge is 0.497 e. The van der Waals surface area contributed by atoms with Crippen molar-refractivity contribution in [2.45, 2.75) is 57.9 Å². The van der Waals surface area contributed by atoms with Gasteiger partial charge in [-0.1, -0.05) is 25.0 Å². The van der Waals surface area contributed by atoms with Gasteiger partial charge in [0.25, 0.3) is 0 Å². The van der Waals surface area contributed by atoms with E-state index in [2.05, 4.69) is 20.4 Å². The van der Waals surface area contributed by atoms with E-state index in [0.717, 1.165) is 37.2 Å². The van der Waals surface area contributed by atoms with Crippen LogP contribution in [0.5, 0.6) is 5.75 Å². The van der Waals surface area contributed by atoms with Gasteiger partial charge in [-0.3, -0.25) is 4.79 Å². The first-order valence-corrected chi connectivity index (χ1v) is 12.0. The van der Waals surface area contributed by atoms with Crippen molar-refractivity contribution in [2.24, 2.45) is 5.92 Å². The van der Waals surface area contributed by atoms with E-state index in [-0.39, 0.29) is 5.91 Å². The van der Waals surface area contributed by atoms with Gasteiger partial charge in [-0.05, 0) is 79.7 Å². The number of carbonyl (C=O) groups excluding carboxylic acids is 1. The summed E-state index contributed by atoms with van der Waals surface area (Å²) in [5, 5.41) is 12.0. The predicted octanol–water partition coefficient (Wildman–Crippen LogP) is 2.89. The van der Waals surface area contributed by atoms with Crippen LogP contribution in [0.1, 0.15) is 56.0 Å². The Balaban J connectivity index is 1.40. The maximum absolute atomic E-state index is 13.6. The van der Waals surface area contributed by atoms with Crippen molar-refractivity contribution < 1.29 is 9.53 Å². The van der Waals surface area contributed by atoms with Crippen LogP contribution < -0.4 is 4.74 Å². The van der Waals surface area contributed by atoms with Crippen LogP contribution in [-0.4, -0.2) is 75.7 Å². The maximum atomic E-state index is 13.6. The highest BCUT2D eigenvalue weighted by molar-refractivity contribution is 5.81. The average molecular weight is 441 g/mol. The molecule has 0 spiro atoms. The fourth-order valence-corrected chi connectivity index (χ4v) is 5.06. The van der Waals surface area contributed by atoms with Gasteiger partial charge in [0.2, 0.25) is 5.91 Å². The van der Waals surface area contributed by atoms with Crippen molar-refractivity contribution in [2.75, 3.05) is 39.8 Å². The molecule has 2 aliphatic rings. The molecule has 2 fully saturated rings. The second-order valence-electron chi connectivity index (χ2n) is 9.23. The first kappa shape index (κ1) is 22.7. The Bertz CT molecular complexity index is 869. The van der Waals surface area contributed by atoms with E-state index in [1.165, 1.54) is 45.3 Å². The Hall–Kier alpha value is -2.48. The van der Waals surface area contributed by atoms with Crippen molar-refractivity contribution in [3.63, 3.8) is 0 Å². The van der Waals surface area contributed by atoms with Gasteiger partial charge in [-0.15, -0.1) is 5.10 Å². The van der Waals surface area contributed by atoms with E-state index >= 15 is 0 Å². The molecule has 32 heavy (non-hydrogen) atoms. The van der Waals surface area contributed by atoms with Crippen LogP contribution in [-0.2, 0) is 11.2 Å². The van der Waals surface area contributed by atoms with Gasteiger partial charge in [0.05, 0.1) is 7.11 Å². The first-order chi connectivity index (χ1) is 15.6. The molecular formula is C24H36N6O2. The van der Waals surface area contributed by atoms with Crippen molar-refractivity contribution in [3.05, 3.63) is 35.7 Å². The number of tetrazole rings is 1. The van der Waals surface area contributed by atoms with Crippen molar-refractivity contribution in [1.82, 2.24) is 30.0 Å². The highest BCUT2D eigenvalue weighted by atomic mass is 16.5. The Morgan fingerprint density at radius 3 is 2.53 bits per heavy atom. The SMILES string of the molecule is COc1cccc(CC(C(=O)N2CCC(CN3CCCCCC3)CC2)n2nnnc2C)c1. The molecule has 4 rings (SSSR count). The molecule has 0 bridgehead atoms. The molecular weight excluding hydrogens is 404 g/mol. The summed E-state index contributed by atoms with van der Waals surface area (Å²) in [7, 11) is 1.66. The van der Waals surface area contributed by atoms with Crippen LogP contribution in [0, 0.1) is 12.8 Å². The molecule has 2 saturated heterocycles. The number of benzene rings is 1. The molecule has 3 heterocycles. The summed E-state index contributed by atoms with van der Waals surface area (Å²) in [6.45, 7) is 7.13. The lowest BCUT2D eigenvalue weighted by Crippen LogP contribution is -2.45. The van der Waals surface area contributed by atoms with E-state index in [1.807, 2.05) is 36.1 Å². The number of rotatable bonds is 7. The molecule has 1 atom stereocenters. The number of methoxy groups -OCH3 is 1. The van der Waals surface area contributed by atoms with E-state index in [0.29, 0.717) is 18.2 Å². The van der Waals surface area contributed by atoms with Crippen LogP contribution in [0.4, 0.5) is 0 Å². The molecule has 1 amide bonds. The summed E-state index contributed by atoms with van der Waals surface area (Å²) in [5.74, 6) is 2.24. The lowest BCUT2D eigenvalue weighted by molar-refractivity contribution is -0.136. The summed E-state index contributed by atoms with van der Waals surface area (Å²) >= 11 is 0. The normalized spacial score (nSPS) is 19.5.